The number of primary amides is 1. The smallest absolute Gasteiger partial charge is 0.251 e. The van der Waals surface area contributed by atoms with E-state index in [1.807, 2.05) is 6.07 Å². The molecule has 2 aromatic heterocycles. The van der Waals surface area contributed by atoms with Crippen LogP contribution < -0.4 is 11.1 Å². The standard InChI is InChI=1S/C23H14F2N4O3/c24-17-4-3-14(21(26)31)19(25)18(17)20(30)16-9-28-22-15(16)6-11(7-27-22)10-1-2-13-12(5-10)8-29-23(13)32/h1-7,9H,8H2,(H2,26,31)(H,27,28)(H,29,32). The molecule has 5 rings (SSSR count). The van der Waals surface area contributed by atoms with Crippen LogP contribution in [-0.2, 0) is 6.54 Å². The van der Waals surface area contributed by atoms with Crippen molar-refractivity contribution in [3.63, 3.8) is 0 Å². The van der Waals surface area contributed by atoms with E-state index < -0.39 is 34.5 Å². The minimum absolute atomic E-state index is 0.00762. The fourth-order valence-electron chi connectivity index (χ4n) is 3.85. The van der Waals surface area contributed by atoms with Gasteiger partial charge in [0.1, 0.15) is 17.3 Å². The number of rotatable bonds is 4. The van der Waals surface area contributed by atoms with Crippen LogP contribution in [0.25, 0.3) is 22.2 Å². The lowest BCUT2D eigenvalue weighted by molar-refractivity contribution is 0.0962. The first-order valence-electron chi connectivity index (χ1n) is 9.56. The molecule has 0 atom stereocenters. The first-order chi connectivity index (χ1) is 15.3. The highest BCUT2D eigenvalue weighted by atomic mass is 19.1. The third-order valence-corrected chi connectivity index (χ3v) is 5.48. The van der Waals surface area contributed by atoms with Gasteiger partial charge in [-0.2, -0.15) is 0 Å². The maximum atomic E-state index is 14.7. The van der Waals surface area contributed by atoms with Gasteiger partial charge in [-0.05, 0) is 41.5 Å². The Morgan fingerprint density at radius 3 is 2.62 bits per heavy atom. The predicted molar refractivity (Wildman–Crippen MR) is 111 cm³/mol. The van der Waals surface area contributed by atoms with Crippen molar-refractivity contribution in [2.75, 3.05) is 0 Å². The van der Waals surface area contributed by atoms with Gasteiger partial charge in [0.15, 0.2) is 0 Å². The number of nitrogens with zero attached hydrogens (tertiary/aromatic N) is 1. The minimum atomic E-state index is -1.31. The lowest BCUT2D eigenvalue weighted by Crippen LogP contribution is -2.17. The number of benzene rings is 2. The fourth-order valence-corrected chi connectivity index (χ4v) is 3.85. The number of aromatic nitrogens is 2. The Kier molecular flexibility index (Phi) is 4.33. The summed E-state index contributed by atoms with van der Waals surface area (Å²) in [6, 6.07) is 8.71. The molecular weight excluding hydrogens is 418 g/mol. The van der Waals surface area contributed by atoms with Crippen molar-refractivity contribution in [1.82, 2.24) is 15.3 Å². The highest BCUT2D eigenvalue weighted by Gasteiger charge is 2.26. The maximum Gasteiger partial charge on any atom is 0.251 e. The van der Waals surface area contributed by atoms with Gasteiger partial charge in [-0.1, -0.05) is 6.07 Å². The topological polar surface area (TPSA) is 118 Å². The summed E-state index contributed by atoms with van der Waals surface area (Å²) in [4.78, 5) is 43.4. The molecule has 7 nitrogen and oxygen atoms in total. The Morgan fingerprint density at radius 1 is 1.03 bits per heavy atom. The van der Waals surface area contributed by atoms with Gasteiger partial charge in [-0.3, -0.25) is 14.4 Å². The summed E-state index contributed by atoms with van der Waals surface area (Å²) in [5, 5.41) is 3.10. The van der Waals surface area contributed by atoms with Crippen molar-refractivity contribution in [3.8, 4) is 11.1 Å². The van der Waals surface area contributed by atoms with Gasteiger partial charge in [-0.15, -0.1) is 0 Å². The van der Waals surface area contributed by atoms with Crippen LogP contribution in [0.4, 0.5) is 8.78 Å². The monoisotopic (exact) mass is 432 g/mol. The Labute approximate surface area is 179 Å². The molecule has 0 unspecified atom stereocenters. The molecule has 158 valence electrons. The second-order valence-electron chi connectivity index (χ2n) is 7.35. The molecule has 1 aliphatic rings. The summed E-state index contributed by atoms with van der Waals surface area (Å²) < 4.78 is 29.1. The van der Waals surface area contributed by atoms with Gasteiger partial charge in [0.25, 0.3) is 11.8 Å². The largest absolute Gasteiger partial charge is 0.366 e. The van der Waals surface area contributed by atoms with Gasteiger partial charge in [0.05, 0.1) is 11.1 Å². The number of amides is 2. The number of hydrogen-bond acceptors (Lipinski definition) is 4. The first kappa shape index (κ1) is 19.6. The molecule has 0 spiro atoms. The average molecular weight is 432 g/mol. The predicted octanol–water partition coefficient (Wildman–Crippen LogP) is 3.08. The number of carbonyl (C=O) groups excluding carboxylic acids is 3. The van der Waals surface area contributed by atoms with E-state index in [4.69, 9.17) is 5.73 Å². The molecule has 0 saturated heterocycles. The second-order valence-corrected chi connectivity index (χ2v) is 7.35. The van der Waals surface area contributed by atoms with Crippen LogP contribution in [0.1, 0.15) is 42.2 Å². The van der Waals surface area contributed by atoms with E-state index in [9.17, 15) is 23.2 Å². The highest BCUT2D eigenvalue weighted by Crippen LogP contribution is 2.30. The summed E-state index contributed by atoms with van der Waals surface area (Å²) in [6.45, 7) is 0.417. The van der Waals surface area contributed by atoms with Gasteiger partial charge in [0, 0.05) is 41.0 Å². The number of ketones is 1. The third kappa shape index (κ3) is 2.94. The van der Waals surface area contributed by atoms with E-state index in [2.05, 4.69) is 15.3 Å². The summed E-state index contributed by atoms with van der Waals surface area (Å²) in [6.07, 6.45) is 2.90. The zero-order valence-corrected chi connectivity index (χ0v) is 16.3. The van der Waals surface area contributed by atoms with Gasteiger partial charge in [-0.25, -0.2) is 13.8 Å². The number of pyridine rings is 1. The number of hydrogen-bond donors (Lipinski definition) is 3. The van der Waals surface area contributed by atoms with Crippen molar-refractivity contribution < 1.29 is 23.2 Å². The van der Waals surface area contributed by atoms with Crippen LogP contribution in [0, 0.1) is 11.6 Å². The zero-order valence-electron chi connectivity index (χ0n) is 16.3. The van der Waals surface area contributed by atoms with Gasteiger partial charge < -0.3 is 16.0 Å². The van der Waals surface area contributed by atoms with E-state index >= 15 is 0 Å². The number of halogens is 2. The van der Waals surface area contributed by atoms with Crippen molar-refractivity contribution in [2.45, 2.75) is 6.54 Å². The van der Waals surface area contributed by atoms with Crippen molar-refractivity contribution in [2.24, 2.45) is 5.73 Å². The minimum Gasteiger partial charge on any atom is -0.366 e. The molecule has 0 bridgehead atoms. The second kappa shape index (κ2) is 7.09. The molecule has 0 fully saturated rings. The summed E-state index contributed by atoms with van der Waals surface area (Å²) in [5.41, 5.74) is 6.88. The zero-order chi connectivity index (χ0) is 22.6. The molecule has 0 saturated carbocycles. The Hall–Kier alpha value is -4.40. The summed E-state index contributed by atoms with van der Waals surface area (Å²) >= 11 is 0. The number of carbonyl (C=O) groups is 3. The number of aromatic amines is 1. The van der Waals surface area contributed by atoms with E-state index in [0.29, 0.717) is 28.7 Å². The lowest BCUT2D eigenvalue weighted by atomic mass is 9.97. The third-order valence-electron chi connectivity index (χ3n) is 5.48. The highest BCUT2D eigenvalue weighted by molar-refractivity contribution is 6.17. The van der Waals surface area contributed by atoms with Crippen LogP contribution in [0.15, 0.2) is 48.8 Å². The van der Waals surface area contributed by atoms with E-state index in [1.165, 1.54) is 6.20 Å². The SMILES string of the molecule is NC(=O)c1ccc(F)c(C(=O)c2c[nH]c3ncc(-c4ccc5c(c4)CNC5=O)cc23)c1F. The summed E-state index contributed by atoms with van der Waals surface area (Å²) in [5.74, 6) is -4.61. The number of nitrogens with two attached hydrogens (primary N) is 1. The first-order valence-corrected chi connectivity index (χ1v) is 9.56. The van der Waals surface area contributed by atoms with Crippen molar-refractivity contribution in [3.05, 3.63) is 88.2 Å². The molecule has 32 heavy (non-hydrogen) atoms. The van der Waals surface area contributed by atoms with Crippen LogP contribution in [0.5, 0.6) is 0 Å². The Bertz CT molecular complexity index is 1480. The molecule has 0 aliphatic carbocycles. The fraction of sp³-hybridized carbons (Fsp3) is 0.0435. The van der Waals surface area contributed by atoms with Crippen molar-refractivity contribution in [1.29, 1.82) is 0 Å². The Morgan fingerprint density at radius 2 is 1.84 bits per heavy atom. The van der Waals surface area contributed by atoms with Gasteiger partial charge in [0.2, 0.25) is 5.78 Å². The van der Waals surface area contributed by atoms with Gasteiger partial charge >= 0.3 is 0 Å². The van der Waals surface area contributed by atoms with E-state index in [-0.39, 0.29) is 11.5 Å². The summed E-state index contributed by atoms with van der Waals surface area (Å²) in [7, 11) is 0. The molecular formula is C23H14F2N4O3. The number of fused-ring (bicyclic) bond motifs is 2. The van der Waals surface area contributed by atoms with Crippen LogP contribution >= 0.6 is 0 Å². The normalized spacial score (nSPS) is 12.6. The molecule has 2 amide bonds. The lowest BCUT2D eigenvalue weighted by Gasteiger charge is -2.07. The van der Waals surface area contributed by atoms with Crippen LogP contribution in [0.3, 0.4) is 0 Å². The molecule has 9 heteroatoms. The molecule has 0 radical (unpaired) electrons. The average Bonchev–Trinajstić information content (AvgIpc) is 3.36. The van der Waals surface area contributed by atoms with Crippen LogP contribution in [-0.4, -0.2) is 27.6 Å². The number of nitrogens with one attached hydrogen (secondary N) is 2. The van der Waals surface area contributed by atoms with Crippen molar-refractivity contribution >= 4 is 28.6 Å². The molecule has 2 aromatic carbocycles. The van der Waals surface area contributed by atoms with E-state index in [1.54, 1.807) is 24.4 Å². The quantitative estimate of drug-likeness (QED) is 0.430. The van der Waals surface area contributed by atoms with Crippen LogP contribution in [0.2, 0.25) is 0 Å². The number of H-pyrrole nitrogens is 1. The Balaban J connectivity index is 1.62. The molecule has 4 N–H and O–H groups in total. The maximum absolute atomic E-state index is 14.7. The molecule has 3 heterocycles. The van der Waals surface area contributed by atoms with E-state index in [0.717, 1.165) is 23.3 Å². The molecule has 4 aromatic rings. The molecule has 1 aliphatic heterocycles.